The molecule has 0 saturated carbocycles. The van der Waals surface area contributed by atoms with Crippen molar-refractivity contribution in [2.75, 3.05) is 0 Å². The molecular formula is C7H11N3O2. The first kappa shape index (κ1) is 8.70. The van der Waals surface area contributed by atoms with Crippen molar-refractivity contribution in [2.45, 2.75) is 20.3 Å². The van der Waals surface area contributed by atoms with Gasteiger partial charge in [0.15, 0.2) is 0 Å². The van der Waals surface area contributed by atoms with E-state index in [4.69, 9.17) is 0 Å². The molecule has 0 aromatic carbocycles. The Balaban J connectivity index is 3.01. The summed E-state index contributed by atoms with van der Waals surface area (Å²) in [5.41, 5.74) is -1.08. The van der Waals surface area contributed by atoms with Crippen molar-refractivity contribution in [2.24, 2.45) is 5.92 Å². The first-order valence-electron chi connectivity index (χ1n) is 3.77. The minimum Gasteiger partial charge on any atom is -0.295 e. The number of rotatable bonds is 2. The summed E-state index contributed by atoms with van der Waals surface area (Å²) in [4.78, 5) is 29.5. The van der Waals surface area contributed by atoms with Crippen LogP contribution < -0.4 is 11.4 Å². The predicted octanol–water partition coefficient (Wildman–Crippen LogP) is -0.343. The standard InChI is InChI=1S/C7H11N3O2/c1-4(2)3-5-8-6(11)10-7(12)9-5/h4H,3H2,1-2H3,(H2,8,9,10,11,12). The molecule has 1 aromatic rings. The van der Waals surface area contributed by atoms with Gasteiger partial charge >= 0.3 is 11.4 Å². The van der Waals surface area contributed by atoms with Crippen LogP contribution in [0.2, 0.25) is 0 Å². The maximum absolute atomic E-state index is 10.7. The van der Waals surface area contributed by atoms with E-state index in [-0.39, 0.29) is 0 Å². The average molecular weight is 169 g/mol. The summed E-state index contributed by atoms with van der Waals surface area (Å²) in [7, 11) is 0. The summed E-state index contributed by atoms with van der Waals surface area (Å²) in [6.07, 6.45) is 0.610. The van der Waals surface area contributed by atoms with Crippen LogP contribution in [-0.4, -0.2) is 15.0 Å². The Bertz CT molecular complexity index is 335. The van der Waals surface area contributed by atoms with E-state index in [1.807, 2.05) is 18.8 Å². The summed E-state index contributed by atoms with van der Waals surface area (Å²) in [6.45, 7) is 3.97. The van der Waals surface area contributed by atoms with Crippen molar-refractivity contribution >= 4 is 0 Å². The second-order valence-corrected chi connectivity index (χ2v) is 3.04. The van der Waals surface area contributed by atoms with E-state index in [1.165, 1.54) is 0 Å². The van der Waals surface area contributed by atoms with Crippen molar-refractivity contribution in [3.05, 3.63) is 26.8 Å². The third kappa shape index (κ3) is 2.34. The Morgan fingerprint density at radius 3 is 2.50 bits per heavy atom. The van der Waals surface area contributed by atoms with Gasteiger partial charge in [-0.05, 0) is 5.92 Å². The zero-order valence-corrected chi connectivity index (χ0v) is 7.05. The minimum absolute atomic E-state index is 0.370. The van der Waals surface area contributed by atoms with Gasteiger partial charge in [-0.2, -0.15) is 4.98 Å². The van der Waals surface area contributed by atoms with Crippen molar-refractivity contribution < 1.29 is 0 Å². The second-order valence-electron chi connectivity index (χ2n) is 3.04. The Morgan fingerprint density at radius 1 is 1.33 bits per heavy atom. The molecule has 0 aliphatic carbocycles. The molecule has 0 spiro atoms. The van der Waals surface area contributed by atoms with Gasteiger partial charge in [0.25, 0.3) is 0 Å². The number of aromatic amines is 2. The predicted molar refractivity (Wildman–Crippen MR) is 44.0 cm³/mol. The van der Waals surface area contributed by atoms with Crippen LogP contribution in [0.1, 0.15) is 19.7 Å². The van der Waals surface area contributed by atoms with Gasteiger partial charge in [-0.1, -0.05) is 13.8 Å². The summed E-state index contributed by atoms with van der Waals surface area (Å²) in [5.74, 6) is 0.814. The van der Waals surface area contributed by atoms with Crippen molar-refractivity contribution in [1.29, 1.82) is 0 Å². The van der Waals surface area contributed by atoms with Gasteiger partial charge in [0.05, 0.1) is 0 Å². The third-order valence-electron chi connectivity index (χ3n) is 1.32. The molecule has 0 radical (unpaired) electrons. The van der Waals surface area contributed by atoms with Gasteiger partial charge in [-0.25, -0.2) is 9.59 Å². The quantitative estimate of drug-likeness (QED) is 0.635. The number of H-pyrrole nitrogens is 2. The Morgan fingerprint density at radius 2 is 2.00 bits per heavy atom. The molecule has 0 saturated heterocycles. The summed E-state index contributed by atoms with van der Waals surface area (Å²) < 4.78 is 0. The Hall–Kier alpha value is -1.39. The maximum Gasteiger partial charge on any atom is 0.350 e. The number of nitrogens with zero attached hydrogens (tertiary/aromatic N) is 1. The van der Waals surface area contributed by atoms with E-state index in [0.717, 1.165) is 0 Å². The van der Waals surface area contributed by atoms with E-state index >= 15 is 0 Å². The molecule has 0 aliphatic heterocycles. The van der Waals surface area contributed by atoms with Crippen molar-refractivity contribution in [1.82, 2.24) is 15.0 Å². The first-order chi connectivity index (χ1) is 5.58. The molecule has 0 amide bonds. The lowest BCUT2D eigenvalue weighted by Crippen LogP contribution is -2.27. The third-order valence-corrected chi connectivity index (χ3v) is 1.32. The highest BCUT2D eigenvalue weighted by Crippen LogP contribution is 1.97. The van der Waals surface area contributed by atoms with Crippen molar-refractivity contribution in [3.63, 3.8) is 0 Å². The van der Waals surface area contributed by atoms with E-state index in [1.54, 1.807) is 0 Å². The van der Waals surface area contributed by atoms with Gasteiger partial charge < -0.3 is 0 Å². The molecule has 0 atom stereocenters. The molecule has 0 bridgehead atoms. The minimum atomic E-state index is -0.589. The second kappa shape index (κ2) is 3.34. The van der Waals surface area contributed by atoms with Gasteiger partial charge in [0.1, 0.15) is 5.82 Å². The van der Waals surface area contributed by atoms with Crippen LogP contribution in [0, 0.1) is 5.92 Å². The number of nitrogens with one attached hydrogen (secondary N) is 2. The molecule has 1 aromatic heterocycles. The lowest BCUT2D eigenvalue weighted by atomic mass is 10.1. The highest BCUT2D eigenvalue weighted by atomic mass is 16.2. The smallest absolute Gasteiger partial charge is 0.295 e. The fourth-order valence-electron chi connectivity index (χ4n) is 0.921. The van der Waals surface area contributed by atoms with Crippen LogP contribution in [-0.2, 0) is 6.42 Å². The van der Waals surface area contributed by atoms with Gasteiger partial charge in [0.2, 0.25) is 0 Å². The molecule has 0 aliphatic rings. The van der Waals surface area contributed by atoms with E-state index in [0.29, 0.717) is 18.2 Å². The lowest BCUT2D eigenvalue weighted by molar-refractivity contribution is 0.611. The molecule has 12 heavy (non-hydrogen) atoms. The zero-order valence-electron chi connectivity index (χ0n) is 7.05. The fraction of sp³-hybridized carbons (Fsp3) is 0.571. The summed E-state index contributed by atoms with van der Waals surface area (Å²) >= 11 is 0. The van der Waals surface area contributed by atoms with E-state index in [2.05, 4.69) is 9.97 Å². The van der Waals surface area contributed by atoms with Crippen LogP contribution in [0.4, 0.5) is 0 Å². The summed E-state index contributed by atoms with van der Waals surface area (Å²) in [6, 6.07) is 0. The monoisotopic (exact) mass is 169 g/mol. The Kier molecular flexibility index (Phi) is 2.42. The molecule has 66 valence electrons. The SMILES string of the molecule is CC(C)Cc1nc(=O)[nH]c(=O)[nH]1. The number of hydrogen-bond donors (Lipinski definition) is 2. The molecule has 0 fully saturated rings. The molecule has 5 heteroatoms. The number of aromatic nitrogens is 3. The van der Waals surface area contributed by atoms with Crippen molar-refractivity contribution in [3.8, 4) is 0 Å². The van der Waals surface area contributed by atoms with E-state index in [9.17, 15) is 9.59 Å². The molecule has 5 nitrogen and oxygen atoms in total. The van der Waals surface area contributed by atoms with Crippen LogP contribution in [0.3, 0.4) is 0 Å². The lowest BCUT2D eigenvalue weighted by Gasteiger charge is -2.00. The van der Waals surface area contributed by atoms with E-state index < -0.39 is 11.4 Å². The van der Waals surface area contributed by atoms with Crippen LogP contribution in [0.5, 0.6) is 0 Å². The van der Waals surface area contributed by atoms with Gasteiger partial charge in [0, 0.05) is 6.42 Å². The largest absolute Gasteiger partial charge is 0.350 e. The van der Waals surface area contributed by atoms with Gasteiger partial charge in [-0.3, -0.25) is 9.97 Å². The normalized spacial score (nSPS) is 10.6. The summed E-state index contributed by atoms with van der Waals surface area (Å²) in [5, 5.41) is 0. The van der Waals surface area contributed by atoms with Crippen LogP contribution in [0.25, 0.3) is 0 Å². The molecule has 1 heterocycles. The Labute approximate surface area is 68.9 Å². The molecular weight excluding hydrogens is 158 g/mol. The highest BCUT2D eigenvalue weighted by molar-refractivity contribution is 4.83. The fourth-order valence-corrected chi connectivity index (χ4v) is 0.921. The number of hydrogen-bond acceptors (Lipinski definition) is 3. The first-order valence-corrected chi connectivity index (χ1v) is 3.77. The van der Waals surface area contributed by atoms with Crippen LogP contribution >= 0.6 is 0 Å². The van der Waals surface area contributed by atoms with Crippen LogP contribution in [0.15, 0.2) is 9.59 Å². The maximum atomic E-state index is 10.7. The topological polar surface area (TPSA) is 78.6 Å². The highest BCUT2D eigenvalue weighted by Gasteiger charge is 2.00. The average Bonchev–Trinajstić information content (AvgIpc) is 1.81. The van der Waals surface area contributed by atoms with Gasteiger partial charge in [-0.15, -0.1) is 0 Å². The molecule has 0 unspecified atom stereocenters. The zero-order chi connectivity index (χ0) is 9.14. The molecule has 1 rings (SSSR count). The molecule has 2 N–H and O–H groups in total.